The summed E-state index contributed by atoms with van der Waals surface area (Å²) < 4.78 is 11.2. The lowest BCUT2D eigenvalue weighted by molar-refractivity contribution is 0.343. The molecule has 0 unspecified atom stereocenters. The van der Waals surface area contributed by atoms with Crippen molar-refractivity contribution in [2.75, 3.05) is 11.9 Å². The molecule has 3 heteroatoms. The zero-order valence-corrected chi connectivity index (χ0v) is 10.9. The Balaban J connectivity index is 2.06. The molecular formula is C14H13BrO2. The summed E-state index contributed by atoms with van der Waals surface area (Å²) in [4.78, 5) is 0. The number of alkyl halides is 1. The SMILES string of the molecule is BrCCOc1cccc(Oc2ccccc2)c1. The number of benzene rings is 2. The second-order valence-corrected chi connectivity index (χ2v) is 4.22. The van der Waals surface area contributed by atoms with Gasteiger partial charge in [0.15, 0.2) is 0 Å². The highest BCUT2D eigenvalue weighted by molar-refractivity contribution is 9.09. The van der Waals surface area contributed by atoms with Crippen LogP contribution in [-0.4, -0.2) is 11.9 Å². The third-order valence-electron chi connectivity index (χ3n) is 2.13. The van der Waals surface area contributed by atoms with E-state index >= 15 is 0 Å². The highest BCUT2D eigenvalue weighted by Gasteiger charge is 1.99. The summed E-state index contributed by atoms with van der Waals surface area (Å²) in [5, 5.41) is 0.816. The standard InChI is InChI=1S/C14H13BrO2/c15-9-10-16-13-7-4-8-14(11-13)17-12-5-2-1-3-6-12/h1-8,11H,9-10H2. The van der Waals surface area contributed by atoms with Crippen LogP contribution in [0.4, 0.5) is 0 Å². The van der Waals surface area contributed by atoms with Crippen molar-refractivity contribution in [2.24, 2.45) is 0 Å². The van der Waals surface area contributed by atoms with Crippen molar-refractivity contribution in [3.8, 4) is 17.2 Å². The minimum atomic E-state index is 0.648. The van der Waals surface area contributed by atoms with Gasteiger partial charge in [0.05, 0.1) is 6.61 Å². The molecule has 0 heterocycles. The monoisotopic (exact) mass is 292 g/mol. The van der Waals surface area contributed by atoms with Crippen LogP contribution in [0.2, 0.25) is 0 Å². The zero-order valence-electron chi connectivity index (χ0n) is 9.30. The molecule has 2 nitrogen and oxygen atoms in total. The molecule has 0 bridgehead atoms. The number of rotatable bonds is 5. The van der Waals surface area contributed by atoms with Crippen LogP contribution in [-0.2, 0) is 0 Å². The van der Waals surface area contributed by atoms with E-state index in [4.69, 9.17) is 9.47 Å². The predicted molar refractivity (Wildman–Crippen MR) is 72.2 cm³/mol. The highest BCUT2D eigenvalue weighted by Crippen LogP contribution is 2.24. The molecule has 0 radical (unpaired) electrons. The first-order valence-corrected chi connectivity index (χ1v) is 6.52. The summed E-state index contributed by atoms with van der Waals surface area (Å²) in [5.41, 5.74) is 0. The maximum Gasteiger partial charge on any atom is 0.131 e. The molecule has 0 saturated heterocycles. The number of hydrogen-bond donors (Lipinski definition) is 0. The molecule has 0 N–H and O–H groups in total. The first-order chi connectivity index (χ1) is 8.38. The topological polar surface area (TPSA) is 18.5 Å². The maximum absolute atomic E-state index is 5.71. The van der Waals surface area contributed by atoms with Gasteiger partial charge in [0.1, 0.15) is 17.2 Å². The summed E-state index contributed by atoms with van der Waals surface area (Å²) in [7, 11) is 0. The Kier molecular flexibility index (Phi) is 4.45. The van der Waals surface area contributed by atoms with Gasteiger partial charge in [-0.3, -0.25) is 0 Å². The predicted octanol–water partition coefficient (Wildman–Crippen LogP) is 4.25. The van der Waals surface area contributed by atoms with Gasteiger partial charge in [-0.05, 0) is 24.3 Å². The largest absolute Gasteiger partial charge is 0.493 e. The van der Waals surface area contributed by atoms with E-state index in [1.54, 1.807) is 0 Å². The van der Waals surface area contributed by atoms with Gasteiger partial charge in [0.25, 0.3) is 0 Å². The first kappa shape index (κ1) is 12.0. The molecule has 17 heavy (non-hydrogen) atoms. The third-order valence-corrected chi connectivity index (χ3v) is 2.45. The number of para-hydroxylation sites is 1. The average molecular weight is 293 g/mol. The molecule has 0 amide bonds. The molecule has 0 fully saturated rings. The van der Waals surface area contributed by atoms with Crippen LogP contribution in [0, 0.1) is 0 Å². The summed E-state index contributed by atoms with van der Waals surface area (Å²) >= 11 is 3.32. The first-order valence-electron chi connectivity index (χ1n) is 5.40. The van der Waals surface area contributed by atoms with Crippen LogP contribution in [0.15, 0.2) is 54.6 Å². The lowest BCUT2D eigenvalue weighted by Crippen LogP contribution is -1.97. The summed E-state index contributed by atoms with van der Waals surface area (Å²) in [6.45, 7) is 0.648. The molecule has 2 rings (SSSR count). The Morgan fingerprint density at radius 3 is 2.29 bits per heavy atom. The average Bonchev–Trinajstić information content (AvgIpc) is 2.38. The number of ether oxygens (including phenoxy) is 2. The van der Waals surface area contributed by atoms with Crippen molar-refractivity contribution in [3.05, 3.63) is 54.6 Å². The van der Waals surface area contributed by atoms with Crippen LogP contribution in [0.3, 0.4) is 0 Å². The molecule has 0 aliphatic heterocycles. The smallest absolute Gasteiger partial charge is 0.131 e. The number of hydrogen-bond acceptors (Lipinski definition) is 2. The third kappa shape index (κ3) is 3.79. The fourth-order valence-corrected chi connectivity index (χ4v) is 1.57. The zero-order chi connectivity index (χ0) is 11.9. The maximum atomic E-state index is 5.71. The van der Waals surface area contributed by atoms with Crippen molar-refractivity contribution < 1.29 is 9.47 Å². The lowest BCUT2D eigenvalue weighted by Gasteiger charge is -2.08. The van der Waals surface area contributed by atoms with Crippen molar-refractivity contribution in [3.63, 3.8) is 0 Å². The summed E-state index contributed by atoms with van der Waals surface area (Å²) in [6.07, 6.45) is 0. The Hall–Kier alpha value is -1.48. The second kappa shape index (κ2) is 6.30. The fourth-order valence-electron chi connectivity index (χ4n) is 1.41. The number of halogens is 1. The molecule has 0 saturated carbocycles. The van der Waals surface area contributed by atoms with E-state index < -0.39 is 0 Å². The van der Waals surface area contributed by atoms with Crippen molar-refractivity contribution >= 4 is 15.9 Å². The molecular weight excluding hydrogens is 280 g/mol. The van der Waals surface area contributed by atoms with E-state index in [0.29, 0.717) is 6.61 Å². The van der Waals surface area contributed by atoms with Crippen molar-refractivity contribution in [2.45, 2.75) is 0 Å². The Morgan fingerprint density at radius 2 is 1.53 bits per heavy atom. The van der Waals surface area contributed by atoms with Gasteiger partial charge in [-0.15, -0.1) is 0 Å². The van der Waals surface area contributed by atoms with Gasteiger partial charge in [-0.25, -0.2) is 0 Å². The van der Waals surface area contributed by atoms with Crippen LogP contribution < -0.4 is 9.47 Å². The van der Waals surface area contributed by atoms with Gasteiger partial charge in [0, 0.05) is 11.4 Å². The minimum Gasteiger partial charge on any atom is -0.493 e. The van der Waals surface area contributed by atoms with Crippen molar-refractivity contribution in [1.29, 1.82) is 0 Å². The Bertz CT molecular complexity index is 457. The van der Waals surface area contributed by atoms with E-state index in [1.165, 1.54) is 0 Å². The molecule has 0 aliphatic carbocycles. The Morgan fingerprint density at radius 1 is 0.824 bits per heavy atom. The van der Waals surface area contributed by atoms with E-state index in [9.17, 15) is 0 Å². The van der Waals surface area contributed by atoms with Crippen LogP contribution in [0.5, 0.6) is 17.2 Å². The molecule has 0 atom stereocenters. The molecule has 2 aromatic rings. The van der Waals surface area contributed by atoms with Gasteiger partial charge < -0.3 is 9.47 Å². The van der Waals surface area contributed by atoms with E-state index in [1.807, 2.05) is 54.6 Å². The van der Waals surface area contributed by atoms with Gasteiger partial charge in [-0.2, -0.15) is 0 Å². The molecule has 88 valence electrons. The fraction of sp³-hybridized carbons (Fsp3) is 0.143. The molecule has 0 aromatic heterocycles. The Labute approximate surface area is 109 Å². The highest BCUT2D eigenvalue weighted by atomic mass is 79.9. The molecule has 0 aliphatic rings. The van der Waals surface area contributed by atoms with Crippen LogP contribution in [0.1, 0.15) is 0 Å². The molecule has 2 aromatic carbocycles. The summed E-state index contributed by atoms with van der Waals surface area (Å²) in [5.74, 6) is 2.42. The van der Waals surface area contributed by atoms with Gasteiger partial charge in [-0.1, -0.05) is 40.2 Å². The van der Waals surface area contributed by atoms with Gasteiger partial charge >= 0.3 is 0 Å². The van der Waals surface area contributed by atoms with Gasteiger partial charge in [0.2, 0.25) is 0 Å². The van der Waals surface area contributed by atoms with Crippen LogP contribution >= 0.6 is 15.9 Å². The quantitative estimate of drug-likeness (QED) is 0.767. The normalized spacial score (nSPS) is 9.94. The van der Waals surface area contributed by atoms with E-state index in [0.717, 1.165) is 22.6 Å². The molecule has 0 spiro atoms. The van der Waals surface area contributed by atoms with E-state index in [-0.39, 0.29) is 0 Å². The second-order valence-electron chi connectivity index (χ2n) is 3.43. The van der Waals surface area contributed by atoms with E-state index in [2.05, 4.69) is 15.9 Å². The lowest BCUT2D eigenvalue weighted by atomic mass is 10.3. The summed E-state index contributed by atoms with van der Waals surface area (Å²) in [6, 6.07) is 17.3. The minimum absolute atomic E-state index is 0.648. The van der Waals surface area contributed by atoms with Crippen LogP contribution in [0.25, 0.3) is 0 Å². The van der Waals surface area contributed by atoms with Crippen molar-refractivity contribution in [1.82, 2.24) is 0 Å².